The van der Waals surface area contributed by atoms with Crippen molar-refractivity contribution in [3.05, 3.63) is 88.6 Å². The predicted octanol–water partition coefficient (Wildman–Crippen LogP) is 5.27. The number of ether oxygens (including phenoxy) is 1. The van der Waals surface area contributed by atoms with Crippen molar-refractivity contribution >= 4 is 11.7 Å². The normalized spacial score (nSPS) is 17.0. The van der Waals surface area contributed by atoms with Gasteiger partial charge in [0.2, 0.25) is 0 Å². The zero-order valence-electron chi connectivity index (χ0n) is 15.5. The van der Waals surface area contributed by atoms with Crippen LogP contribution in [0.3, 0.4) is 0 Å². The second-order valence-corrected chi connectivity index (χ2v) is 6.43. The molecule has 0 aromatic heterocycles. The topological polar surface area (TPSA) is 38.3 Å². The molecule has 1 heterocycles. The molecule has 1 unspecified atom stereocenters. The second kappa shape index (κ2) is 7.92. The molecule has 2 aromatic carbocycles. The van der Waals surface area contributed by atoms with E-state index in [9.17, 15) is 18.0 Å². The summed E-state index contributed by atoms with van der Waals surface area (Å²) in [5.74, 6) is -1.00. The van der Waals surface area contributed by atoms with Crippen LogP contribution in [0.2, 0.25) is 0 Å². The van der Waals surface area contributed by atoms with Crippen LogP contribution in [0.5, 0.6) is 0 Å². The van der Waals surface area contributed by atoms with Crippen LogP contribution in [0.4, 0.5) is 13.2 Å². The fourth-order valence-electron chi connectivity index (χ4n) is 3.21. The Morgan fingerprint density at radius 2 is 1.71 bits per heavy atom. The van der Waals surface area contributed by atoms with E-state index in [1.54, 1.807) is 13.8 Å². The van der Waals surface area contributed by atoms with E-state index in [4.69, 9.17) is 4.74 Å². The number of esters is 1. The van der Waals surface area contributed by atoms with E-state index < -0.39 is 23.6 Å². The molecule has 28 heavy (non-hydrogen) atoms. The van der Waals surface area contributed by atoms with Crippen LogP contribution in [0.25, 0.3) is 5.70 Å². The van der Waals surface area contributed by atoms with Crippen molar-refractivity contribution in [2.45, 2.75) is 25.9 Å². The molecule has 3 rings (SSSR count). The Morgan fingerprint density at radius 1 is 1.07 bits per heavy atom. The van der Waals surface area contributed by atoms with Crippen LogP contribution in [0.1, 0.15) is 36.5 Å². The summed E-state index contributed by atoms with van der Waals surface area (Å²) in [4.78, 5) is 12.5. The van der Waals surface area contributed by atoms with Crippen LogP contribution in [-0.2, 0) is 15.7 Å². The molecule has 1 N–H and O–H groups in total. The first kappa shape index (κ1) is 19.7. The number of carbonyl (C=O) groups is 1. The summed E-state index contributed by atoms with van der Waals surface area (Å²) >= 11 is 0. The Hall–Kier alpha value is -3.02. The summed E-state index contributed by atoms with van der Waals surface area (Å²) in [7, 11) is 0. The van der Waals surface area contributed by atoms with Crippen molar-refractivity contribution in [2.75, 3.05) is 6.61 Å². The number of carbonyl (C=O) groups excluding carboxylic acids is 1. The van der Waals surface area contributed by atoms with E-state index in [0.717, 1.165) is 23.4 Å². The number of hydrogen-bond acceptors (Lipinski definition) is 3. The number of hydrogen-bond donors (Lipinski definition) is 1. The maximum atomic E-state index is 12.9. The van der Waals surface area contributed by atoms with Gasteiger partial charge in [-0.15, -0.1) is 0 Å². The third-order valence-corrected chi connectivity index (χ3v) is 4.55. The molecule has 0 spiro atoms. The summed E-state index contributed by atoms with van der Waals surface area (Å²) in [6, 6.07) is 14.4. The first-order chi connectivity index (χ1) is 13.3. The Balaban J connectivity index is 2.06. The molecule has 1 atom stereocenters. The molecule has 0 saturated heterocycles. The average molecular weight is 387 g/mol. The van der Waals surface area contributed by atoms with Crippen LogP contribution in [-0.4, -0.2) is 12.6 Å². The largest absolute Gasteiger partial charge is 0.463 e. The minimum atomic E-state index is -4.41. The molecule has 0 bridgehead atoms. The number of dihydropyridines is 1. The number of allylic oxidation sites excluding steroid dienone is 2. The summed E-state index contributed by atoms with van der Waals surface area (Å²) in [6.45, 7) is 3.69. The molecule has 0 radical (unpaired) electrons. The lowest BCUT2D eigenvalue weighted by Crippen LogP contribution is -2.26. The zero-order chi connectivity index (χ0) is 20.3. The summed E-state index contributed by atoms with van der Waals surface area (Å²) in [6.07, 6.45) is -2.56. The van der Waals surface area contributed by atoms with Gasteiger partial charge in [0.05, 0.1) is 17.7 Å². The Bertz CT molecular complexity index is 913. The van der Waals surface area contributed by atoms with E-state index in [0.29, 0.717) is 16.8 Å². The van der Waals surface area contributed by atoms with E-state index in [1.165, 1.54) is 12.1 Å². The highest BCUT2D eigenvalue weighted by molar-refractivity contribution is 5.93. The highest BCUT2D eigenvalue weighted by atomic mass is 19.4. The summed E-state index contributed by atoms with van der Waals surface area (Å²) < 4.78 is 43.9. The van der Waals surface area contributed by atoms with Crippen molar-refractivity contribution < 1.29 is 22.7 Å². The van der Waals surface area contributed by atoms with Gasteiger partial charge in [0.25, 0.3) is 0 Å². The average Bonchev–Trinajstić information content (AvgIpc) is 2.67. The van der Waals surface area contributed by atoms with Crippen molar-refractivity contribution in [1.29, 1.82) is 0 Å². The van der Waals surface area contributed by atoms with Gasteiger partial charge < -0.3 is 10.1 Å². The van der Waals surface area contributed by atoms with Gasteiger partial charge in [-0.1, -0.05) is 42.5 Å². The zero-order valence-corrected chi connectivity index (χ0v) is 15.5. The van der Waals surface area contributed by atoms with Crippen molar-refractivity contribution in [1.82, 2.24) is 5.32 Å². The summed E-state index contributed by atoms with van der Waals surface area (Å²) in [5, 5.41) is 3.22. The Labute approximate surface area is 161 Å². The second-order valence-electron chi connectivity index (χ2n) is 6.43. The molecule has 1 aliphatic rings. The molecule has 0 aliphatic carbocycles. The van der Waals surface area contributed by atoms with Gasteiger partial charge in [-0.3, -0.25) is 0 Å². The molecule has 1 aliphatic heterocycles. The third-order valence-electron chi connectivity index (χ3n) is 4.55. The number of rotatable bonds is 4. The molecule has 0 amide bonds. The minimum Gasteiger partial charge on any atom is -0.463 e. The van der Waals surface area contributed by atoms with Gasteiger partial charge in [0.1, 0.15) is 0 Å². The SMILES string of the molecule is CCOC(=O)C1=C(C)NC(c2ccccc2)=CC1c1ccc(C(F)(F)F)cc1. The number of benzene rings is 2. The standard InChI is InChI=1S/C22H20F3NO2/c1-3-28-21(27)20-14(2)26-19(16-7-5-4-6-8-16)13-18(20)15-9-11-17(12-10-15)22(23,24)25/h4-13,18,26H,3H2,1-2H3. The number of halogens is 3. The molecular weight excluding hydrogens is 367 g/mol. The van der Waals surface area contributed by atoms with Crippen LogP contribution in [0.15, 0.2) is 71.9 Å². The monoisotopic (exact) mass is 387 g/mol. The van der Waals surface area contributed by atoms with Crippen LogP contribution >= 0.6 is 0 Å². The Morgan fingerprint density at radius 3 is 2.29 bits per heavy atom. The van der Waals surface area contributed by atoms with Gasteiger partial charge in [0, 0.05) is 17.3 Å². The van der Waals surface area contributed by atoms with E-state index in [2.05, 4.69) is 5.32 Å². The Kier molecular flexibility index (Phi) is 5.58. The molecule has 0 fully saturated rings. The smallest absolute Gasteiger partial charge is 0.416 e. The fraction of sp³-hybridized carbons (Fsp3) is 0.227. The summed E-state index contributed by atoms with van der Waals surface area (Å²) in [5.41, 5.74) is 2.57. The van der Waals surface area contributed by atoms with Crippen molar-refractivity contribution in [2.24, 2.45) is 0 Å². The van der Waals surface area contributed by atoms with E-state index in [-0.39, 0.29) is 6.61 Å². The van der Waals surface area contributed by atoms with Gasteiger partial charge in [0.15, 0.2) is 0 Å². The molecule has 2 aromatic rings. The molecule has 6 heteroatoms. The first-order valence-corrected chi connectivity index (χ1v) is 8.90. The minimum absolute atomic E-state index is 0.213. The highest BCUT2D eigenvalue weighted by Gasteiger charge is 2.32. The molecular formula is C22H20F3NO2. The van der Waals surface area contributed by atoms with E-state index in [1.807, 2.05) is 36.4 Å². The lowest BCUT2D eigenvalue weighted by atomic mass is 9.85. The van der Waals surface area contributed by atoms with Gasteiger partial charge in [-0.25, -0.2) is 4.79 Å². The maximum Gasteiger partial charge on any atom is 0.416 e. The molecule has 146 valence electrons. The number of alkyl halides is 3. The van der Waals surface area contributed by atoms with E-state index >= 15 is 0 Å². The predicted molar refractivity (Wildman–Crippen MR) is 101 cm³/mol. The lowest BCUT2D eigenvalue weighted by Gasteiger charge is -2.27. The van der Waals surface area contributed by atoms with Gasteiger partial charge >= 0.3 is 12.1 Å². The molecule has 0 saturated carbocycles. The van der Waals surface area contributed by atoms with Crippen LogP contribution in [0, 0.1) is 0 Å². The van der Waals surface area contributed by atoms with Gasteiger partial charge in [-0.2, -0.15) is 13.2 Å². The van der Waals surface area contributed by atoms with Crippen LogP contribution < -0.4 is 5.32 Å². The maximum absolute atomic E-state index is 12.9. The van der Waals surface area contributed by atoms with Gasteiger partial charge in [-0.05, 0) is 43.2 Å². The first-order valence-electron chi connectivity index (χ1n) is 8.90. The number of nitrogens with one attached hydrogen (secondary N) is 1. The molecule has 3 nitrogen and oxygen atoms in total. The lowest BCUT2D eigenvalue weighted by molar-refractivity contribution is -0.139. The highest BCUT2D eigenvalue weighted by Crippen LogP contribution is 2.37. The quantitative estimate of drug-likeness (QED) is 0.727. The van der Waals surface area contributed by atoms with Crippen molar-refractivity contribution in [3.8, 4) is 0 Å². The fourth-order valence-corrected chi connectivity index (χ4v) is 3.21. The third kappa shape index (κ3) is 4.11. The van der Waals surface area contributed by atoms with Crippen molar-refractivity contribution in [3.63, 3.8) is 0 Å².